The Labute approximate surface area is 385 Å². The molecule has 0 aliphatic carbocycles. The summed E-state index contributed by atoms with van der Waals surface area (Å²) >= 11 is 0. The molecular weight excluding hydrogens is 810 g/mol. The van der Waals surface area contributed by atoms with Crippen LogP contribution in [0.2, 0.25) is 0 Å². The minimum absolute atomic E-state index is 0.0479. The number of unbranched alkanes of at least 4 members (excludes halogenated alkanes) is 19. The van der Waals surface area contributed by atoms with E-state index in [0.29, 0.717) is 6.42 Å². The second-order valence-electron chi connectivity index (χ2n) is 16.3. The van der Waals surface area contributed by atoms with Crippen LogP contribution in [-0.4, -0.2) is 49.3 Å². The van der Waals surface area contributed by atoms with Gasteiger partial charge in [0, 0.05) is 19.4 Å². The SMILES string of the molecule is CC/C=C\C/C=C\C/C=C\C/C=C\CCCCCCCCCCCCCCC(=O)OC(COC(=O)CCCCCCCCC/C=C\C/C=C\C/C=C\CC)COP(=O)(O)OCCN. The van der Waals surface area contributed by atoms with Crippen molar-refractivity contribution in [1.29, 1.82) is 0 Å². The van der Waals surface area contributed by atoms with Gasteiger partial charge in [-0.1, -0.05) is 195 Å². The Morgan fingerprint density at radius 3 is 1.22 bits per heavy atom. The van der Waals surface area contributed by atoms with Gasteiger partial charge in [-0.05, 0) is 83.5 Å². The van der Waals surface area contributed by atoms with Gasteiger partial charge < -0.3 is 20.1 Å². The van der Waals surface area contributed by atoms with Crippen LogP contribution in [0.1, 0.15) is 206 Å². The Kier molecular flexibility index (Phi) is 46.5. The Morgan fingerprint density at radius 1 is 0.476 bits per heavy atom. The monoisotopic (exact) mass is 902 g/mol. The Hall–Kier alpha value is -2.81. The third-order valence-corrected chi connectivity index (χ3v) is 11.3. The maximum absolute atomic E-state index is 12.7. The van der Waals surface area contributed by atoms with Gasteiger partial charge in [-0.15, -0.1) is 0 Å². The highest BCUT2D eigenvalue weighted by Gasteiger charge is 2.26. The summed E-state index contributed by atoms with van der Waals surface area (Å²) in [5.74, 6) is -0.844. The summed E-state index contributed by atoms with van der Waals surface area (Å²) in [6, 6.07) is 0. The van der Waals surface area contributed by atoms with Gasteiger partial charge in [-0.2, -0.15) is 0 Å². The molecule has 0 heterocycles. The summed E-state index contributed by atoms with van der Waals surface area (Å²) in [6.07, 6.45) is 61.9. The van der Waals surface area contributed by atoms with Crippen molar-refractivity contribution in [3.05, 3.63) is 85.1 Å². The van der Waals surface area contributed by atoms with Crippen molar-refractivity contribution in [3.63, 3.8) is 0 Å². The lowest BCUT2D eigenvalue weighted by atomic mass is 10.0. The third-order valence-electron chi connectivity index (χ3n) is 10.3. The zero-order valence-corrected chi connectivity index (χ0v) is 40.9. The molecule has 9 nitrogen and oxygen atoms in total. The molecule has 0 aromatic rings. The van der Waals surface area contributed by atoms with Gasteiger partial charge in [-0.25, -0.2) is 4.57 Å². The van der Waals surface area contributed by atoms with E-state index in [4.69, 9.17) is 24.3 Å². The molecule has 0 aliphatic heterocycles. The van der Waals surface area contributed by atoms with Gasteiger partial charge in [0.15, 0.2) is 6.10 Å². The van der Waals surface area contributed by atoms with Crippen LogP contribution < -0.4 is 5.73 Å². The van der Waals surface area contributed by atoms with E-state index in [1.54, 1.807) is 0 Å². The molecule has 0 saturated heterocycles. The molecular formula is C53H92NO8P. The topological polar surface area (TPSA) is 134 Å². The normalized spacial score (nSPS) is 13.9. The van der Waals surface area contributed by atoms with Crippen molar-refractivity contribution in [2.75, 3.05) is 26.4 Å². The number of hydrogen-bond donors (Lipinski definition) is 2. The molecule has 362 valence electrons. The van der Waals surface area contributed by atoms with Crippen molar-refractivity contribution >= 4 is 19.8 Å². The maximum Gasteiger partial charge on any atom is 0.472 e. The highest BCUT2D eigenvalue weighted by atomic mass is 31.2. The summed E-state index contributed by atoms with van der Waals surface area (Å²) in [5.41, 5.74) is 5.36. The summed E-state index contributed by atoms with van der Waals surface area (Å²) in [7, 11) is -4.39. The van der Waals surface area contributed by atoms with Gasteiger partial charge in [0.25, 0.3) is 0 Å². The second kappa shape index (κ2) is 48.6. The van der Waals surface area contributed by atoms with Crippen LogP contribution in [0.4, 0.5) is 0 Å². The molecule has 0 radical (unpaired) electrons. The number of allylic oxidation sites excluding steroid dienone is 14. The van der Waals surface area contributed by atoms with E-state index in [-0.39, 0.29) is 32.6 Å². The standard InChI is InChI=1S/C53H92NO8P/c1-3-5-7-9-11-13-15-17-19-21-22-23-24-25-26-27-28-30-32-34-36-38-40-42-44-46-53(56)62-51(50-61-63(57,58)60-48-47-54)49-59-52(55)45-43-41-39-37-35-33-31-29-20-18-16-14-12-10-8-6-4-2/h5-8,11-14,17-20,22-23,51H,3-4,9-10,15-16,21,24-50,54H2,1-2H3,(H,57,58)/b7-5-,8-6-,13-11-,14-12-,19-17-,20-18-,23-22-. The predicted molar refractivity (Wildman–Crippen MR) is 265 cm³/mol. The first-order valence-corrected chi connectivity index (χ1v) is 26.6. The molecule has 2 atom stereocenters. The lowest BCUT2D eigenvalue weighted by Crippen LogP contribution is -2.29. The van der Waals surface area contributed by atoms with Crippen LogP contribution in [0, 0.1) is 0 Å². The Bertz CT molecular complexity index is 1300. The van der Waals surface area contributed by atoms with E-state index in [9.17, 15) is 19.0 Å². The maximum atomic E-state index is 12.7. The Balaban J connectivity index is 4.06. The van der Waals surface area contributed by atoms with Gasteiger partial charge in [0.05, 0.1) is 13.2 Å². The first-order chi connectivity index (χ1) is 30.8. The third kappa shape index (κ3) is 48.5. The van der Waals surface area contributed by atoms with Crippen LogP contribution in [0.3, 0.4) is 0 Å². The van der Waals surface area contributed by atoms with E-state index in [0.717, 1.165) is 96.3 Å². The van der Waals surface area contributed by atoms with Crippen LogP contribution in [0.15, 0.2) is 85.1 Å². The number of hydrogen-bond acceptors (Lipinski definition) is 8. The minimum atomic E-state index is -4.39. The zero-order chi connectivity index (χ0) is 46.0. The molecule has 0 bridgehead atoms. The second-order valence-corrected chi connectivity index (χ2v) is 17.7. The molecule has 2 unspecified atom stereocenters. The van der Waals surface area contributed by atoms with Crippen molar-refractivity contribution in [1.82, 2.24) is 0 Å². The molecule has 0 aliphatic rings. The fraction of sp³-hybridized carbons (Fsp3) is 0.698. The molecule has 0 spiro atoms. The number of phosphoric acid groups is 1. The smallest absolute Gasteiger partial charge is 0.462 e. The quantitative estimate of drug-likeness (QED) is 0.0265. The molecule has 0 aromatic carbocycles. The van der Waals surface area contributed by atoms with Crippen molar-refractivity contribution in [3.8, 4) is 0 Å². The molecule has 0 saturated carbocycles. The summed E-state index contributed by atoms with van der Waals surface area (Å²) in [6.45, 7) is 3.50. The van der Waals surface area contributed by atoms with Gasteiger partial charge in [0.2, 0.25) is 0 Å². The average molecular weight is 902 g/mol. The Morgan fingerprint density at radius 2 is 0.825 bits per heavy atom. The summed E-state index contributed by atoms with van der Waals surface area (Å²) < 4.78 is 32.9. The lowest BCUT2D eigenvalue weighted by Gasteiger charge is -2.19. The van der Waals surface area contributed by atoms with E-state index in [2.05, 4.69) is 98.9 Å². The lowest BCUT2D eigenvalue weighted by molar-refractivity contribution is -0.161. The molecule has 3 N–H and O–H groups in total. The van der Waals surface area contributed by atoms with Crippen LogP contribution >= 0.6 is 7.82 Å². The number of esters is 2. The molecule has 10 heteroatoms. The van der Waals surface area contributed by atoms with E-state index >= 15 is 0 Å². The largest absolute Gasteiger partial charge is 0.472 e. The fourth-order valence-electron chi connectivity index (χ4n) is 6.64. The molecule has 0 aromatic heterocycles. The average Bonchev–Trinajstić information content (AvgIpc) is 3.27. The molecule has 0 amide bonds. The number of carbonyl (C=O) groups is 2. The first-order valence-electron chi connectivity index (χ1n) is 25.1. The number of carbonyl (C=O) groups excluding carboxylic acids is 2. The predicted octanol–water partition coefficient (Wildman–Crippen LogP) is 15.2. The minimum Gasteiger partial charge on any atom is -0.462 e. The van der Waals surface area contributed by atoms with E-state index in [1.165, 1.54) is 77.0 Å². The van der Waals surface area contributed by atoms with Crippen LogP contribution in [0.5, 0.6) is 0 Å². The van der Waals surface area contributed by atoms with Crippen LogP contribution in [0.25, 0.3) is 0 Å². The summed E-state index contributed by atoms with van der Waals surface area (Å²) in [5, 5.41) is 0. The van der Waals surface area contributed by atoms with Gasteiger partial charge >= 0.3 is 19.8 Å². The first kappa shape index (κ1) is 60.2. The highest BCUT2D eigenvalue weighted by Crippen LogP contribution is 2.43. The zero-order valence-electron chi connectivity index (χ0n) is 40.0. The number of ether oxygens (including phenoxy) is 2. The number of phosphoric ester groups is 1. The van der Waals surface area contributed by atoms with Gasteiger partial charge in [0.1, 0.15) is 6.61 Å². The van der Waals surface area contributed by atoms with E-state index in [1.807, 2.05) is 0 Å². The summed E-state index contributed by atoms with van der Waals surface area (Å²) in [4.78, 5) is 35.0. The molecule has 63 heavy (non-hydrogen) atoms. The molecule has 0 fully saturated rings. The van der Waals surface area contributed by atoms with Crippen molar-refractivity contribution in [2.24, 2.45) is 5.73 Å². The fourth-order valence-corrected chi connectivity index (χ4v) is 7.41. The van der Waals surface area contributed by atoms with E-state index < -0.39 is 32.5 Å². The van der Waals surface area contributed by atoms with Gasteiger partial charge in [-0.3, -0.25) is 18.6 Å². The highest BCUT2D eigenvalue weighted by molar-refractivity contribution is 7.47. The van der Waals surface area contributed by atoms with Crippen LogP contribution in [-0.2, 0) is 32.7 Å². The van der Waals surface area contributed by atoms with Crippen molar-refractivity contribution < 1.29 is 37.6 Å². The number of nitrogens with two attached hydrogens (primary N) is 1. The van der Waals surface area contributed by atoms with Crippen molar-refractivity contribution in [2.45, 2.75) is 213 Å². The molecule has 0 rings (SSSR count). The number of rotatable bonds is 46.